The number of nitrogens with zero attached hydrogens (tertiary/aromatic N) is 2. The Balaban J connectivity index is 1.66. The Morgan fingerprint density at radius 1 is 1.05 bits per heavy atom. The van der Waals surface area contributed by atoms with E-state index in [0.717, 1.165) is 5.56 Å². The third kappa shape index (κ3) is 6.38. The summed E-state index contributed by atoms with van der Waals surface area (Å²) in [7, 11) is -2.65. The average Bonchev–Trinajstić information content (AvgIpc) is 3.46. The molecule has 0 aliphatic carbocycles. The number of esters is 1. The molecule has 210 valence electrons. The molecule has 1 aliphatic heterocycles. The Morgan fingerprint density at radius 3 is 2.35 bits per heavy atom. The first kappa shape index (κ1) is 29.3. The number of benzene rings is 2. The summed E-state index contributed by atoms with van der Waals surface area (Å²) in [6, 6.07) is 18.5. The average molecular weight is 583 g/mol. The number of rotatable bonds is 10. The van der Waals surface area contributed by atoms with E-state index >= 15 is 0 Å². The van der Waals surface area contributed by atoms with Crippen LogP contribution < -0.4 is 0 Å². The highest BCUT2D eigenvalue weighted by Crippen LogP contribution is 2.33. The second kappa shape index (κ2) is 12.2. The third-order valence-corrected chi connectivity index (χ3v) is 8.46. The molecule has 3 aromatic rings. The summed E-state index contributed by atoms with van der Waals surface area (Å²) in [6.07, 6.45) is 1.50. The molecule has 0 saturated carbocycles. The van der Waals surface area contributed by atoms with Gasteiger partial charge in [0.05, 0.1) is 29.7 Å². The van der Waals surface area contributed by atoms with Gasteiger partial charge in [0.25, 0.3) is 5.91 Å². The van der Waals surface area contributed by atoms with E-state index < -0.39 is 16.0 Å². The fourth-order valence-electron chi connectivity index (χ4n) is 4.45. The van der Waals surface area contributed by atoms with Crippen LogP contribution >= 0.6 is 11.6 Å². The summed E-state index contributed by atoms with van der Waals surface area (Å²) in [5.41, 5.74) is 1.67. The van der Waals surface area contributed by atoms with Gasteiger partial charge in [-0.1, -0.05) is 55.8 Å². The van der Waals surface area contributed by atoms with Crippen LogP contribution in [0.1, 0.15) is 37.9 Å². The predicted molar refractivity (Wildman–Crippen MR) is 152 cm³/mol. The van der Waals surface area contributed by atoms with Gasteiger partial charge in [0.15, 0.2) is 0 Å². The third-order valence-electron chi connectivity index (χ3n) is 6.40. The van der Waals surface area contributed by atoms with Crippen molar-refractivity contribution in [2.45, 2.75) is 38.8 Å². The van der Waals surface area contributed by atoms with E-state index in [2.05, 4.69) is 0 Å². The number of carbonyl (C=O) groups is 2. The maximum Gasteiger partial charge on any atom is 0.340 e. The van der Waals surface area contributed by atoms with Crippen LogP contribution in [0, 0.1) is 5.92 Å². The van der Waals surface area contributed by atoms with Crippen molar-refractivity contribution >= 4 is 39.6 Å². The number of allylic oxidation sites excluding steroid dienone is 1. The molecule has 40 heavy (non-hydrogen) atoms. The zero-order valence-corrected chi connectivity index (χ0v) is 24.3. The predicted octanol–water partition coefficient (Wildman–Crippen LogP) is 5.65. The normalized spacial score (nSPS) is 15.1. The van der Waals surface area contributed by atoms with Gasteiger partial charge >= 0.3 is 5.97 Å². The van der Waals surface area contributed by atoms with Gasteiger partial charge in [-0.25, -0.2) is 13.2 Å². The summed E-state index contributed by atoms with van der Waals surface area (Å²) < 4.78 is 39.5. The van der Waals surface area contributed by atoms with E-state index in [1.54, 1.807) is 24.0 Å². The van der Waals surface area contributed by atoms with E-state index in [9.17, 15) is 18.0 Å². The minimum absolute atomic E-state index is 0.0603. The van der Waals surface area contributed by atoms with E-state index in [0.29, 0.717) is 28.8 Å². The van der Waals surface area contributed by atoms with Crippen LogP contribution in [-0.2, 0) is 37.4 Å². The first-order valence-corrected chi connectivity index (χ1v) is 14.5. The first-order valence-electron chi connectivity index (χ1n) is 12.7. The van der Waals surface area contributed by atoms with Gasteiger partial charge < -0.3 is 14.1 Å². The first-order chi connectivity index (χ1) is 19.0. The maximum atomic E-state index is 13.6. The molecule has 0 radical (unpaired) electrons. The summed E-state index contributed by atoms with van der Waals surface area (Å²) in [5, 5.41) is 0.432. The lowest BCUT2D eigenvalue weighted by Gasteiger charge is -2.21. The summed E-state index contributed by atoms with van der Waals surface area (Å²) >= 11 is 5.98. The SMILES string of the molecule is COC(=O)C1=C(C)N(CC(C)C)C(=O)/C1=C/c1ccc(CN(Cc2ccccc2)S(=O)(=O)c2ccc(Cl)cc2)o1. The number of ether oxygens (including phenoxy) is 1. The number of amides is 1. The molecule has 0 unspecified atom stereocenters. The summed E-state index contributed by atoms with van der Waals surface area (Å²) in [5.74, 6) is -0.0722. The lowest BCUT2D eigenvalue weighted by Crippen LogP contribution is -2.30. The molecule has 8 nitrogen and oxygen atoms in total. The van der Waals surface area contributed by atoms with Crippen LogP contribution in [0.5, 0.6) is 0 Å². The molecule has 0 N–H and O–H groups in total. The van der Waals surface area contributed by atoms with Gasteiger partial charge in [-0.3, -0.25) is 4.79 Å². The second-order valence-electron chi connectivity index (χ2n) is 9.84. The fourth-order valence-corrected chi connectivity index (χ4v) is 5.98. The molecule has 0 fully saturated rings. The number of hydrogen-bond acceptors (Lipinski definition) is 6. The van der Waals surface area contributed by atoms with Crippen LogP contribution in [0.25, 0.3) is 6.08 Å². The molecule has 0 bridgehead atoms. The fraction of sp³-hybridized carbons (Fsp3) is 0.267. The van der Waals surface area contributed by atoms with Gasteiger partial charge in [0, 0.05) is 23.8 Å². The molecule has 0 atom stereocenters. The van der Waals surface area contributed by atoms with Crippen molar-refractivity contribution in [3.8, 4) is 0 Å². The van der Waals surface area contributed by atoms with Crippen LogP contribution in [0.3, 0.4) is 0 Å². The van der Waals surface area contributed by atoms with E-state index in [-0.39, 0.29) is 41.0 Å². The molecule has 2 aromatic carbocycles. The Labute approximate surface area is 239 Å². The topological polar surface area (TPSA) is 97.1 Å². The van der Waals surface area contributed by atoms with Crippen molar-refractivity contribution in [2.24, 2.45) is 5.92 Å². The van der Waals surface area contributed by atoms with E-state index in [1.165, 1.54) is 41.8 Å². The maximum absolute atomic E-state index is 13.6. The summed E-state index contributed by atoms with van der Waals surface area (Å²) in [6.45, 7) is 6.18. The Morgan fingerprint density at radius 2 is 1.73 bits per heavy atom. The van der Waals surface area contributed by atoms with Crippen molar-refractivity contribution in [1.82, 2.24) is 9.21 Å². The highest BCUT2D eigenvalue weighted by Gasteiger charge is 2.37. The zero-order chi connectivity index (χ0) is 29.0. The van der Waals surface area contributed by atoms with Gasteiger partial charge in [0.1, 0.15) is 11.5 Å². The second-order valence-corrected chi connectivity index (χ2v) is 12.2. The van der Waals surface area contributed by atoms with Crippen LogP contribution in [-0.4, -0.2) is 43.2 Å². The number of carbonyl (C=O) groups excluding carboxylic acids is 2. The van der Waals surface area contributed by atoms with E-state index in [1.807, 2.05) is 44.2 Å². The number of methoxy groups -OCH3 is 1. The highest BCUT2D eigenvalue weighted by atomic mass is 35.5. The number of sulfonamides is 1. The van der Waals surface area contributed by atoms with Gasteiger partial charge in [0.2, 0.25) is 10.0 Å². The molecule has 0 spiro atoms. The minimum atomic E-state index is -3.92. The number of hydrogen-bond donors (Lipinski definition) is 0. The number of halogens is 1. The lowest BCUT2D eigenvalue weighted by atomic mass is 10.1. The molecule has 2 heterocycles. The van der Waals surface area contributed by atoms with Crippen molar-refractivity contribution in [3.05, 3.63) is 106 Å². The molecule has 10 heteroatoms. The highest BCUT2D eigenvalue weighted by molar-refractivity contribution is 7.89. The Hall–Kier alpha value is -3.66. The van der Waals surface area contributed by atoms with E-state index in [4.69, 9.17) is 20.8 Å². The van der Waals surface area contributed by atoms with Crippen LogP contribution in [0.4, 0.5) is 0 Å². The Bertz CT molecular complexity index is 1560. The number of furan rings is 1. The molecule has 1 aromatic heterocycles. The molecule has 1 amide bonds. The molecule has 4 rings (SSSR count). The van der Waals surface area contributed by atoms with Gasteiger partial charge in [-0.15, -0.1) is 0 Å². The quantitative estimate of drug-likeness (QED) is 0.226. The molecular formula is C30H31ClN2O6S. The Kier molecular flexibility index (Phi) is 8.98. The smallest absolute Gasteiger partial charge is 0.340 e. The standard InChI is InChI=1S/C30H31ClN2O6S/c1-20(2)17-33-21(3)28(30(35)38-4)27(29(33)34)16-24-12-13-25(39-24)19-32(18-22-8-6-5-7-9-22)40(36,37)26-14-10-23(31)11-15-26/h5-16,20H,17-19H2,1-4H3/b27-16+. The minimum Gasteiger partial charge on any atom is -0.465 e. The monoisotopic (exact) mass is 582 g/mol. The van der Waals surface area contributed by atoms with Crippen LogP contribution in [0.2, 0.25) is 5.02 Å². The van der Waals surface area contributed by atoms with Gasteiger partial charge in [-0.05, 0) is 60.9 Å². The molecular weight excluding hydrogens is 552 g/mol. The van der Waals surface area contributed by atoms with Gasteiger partial charge in [-0.2, -0.15) is 4.31 Å². The molecule has 0 saturated heterocycles. The van der Waals surface area contributed by atoms with Crippen molar-refractivity contribution in [1.29, 1.82) is 0 Å². The van der Waals surface area contributed by atoms with Crippen molar-refractivity contribution < 1.29 is 27.2 Å². The molecule has 1 aliphatic rings. The van der Waals surface area contributed by atoms with Crippen molar-refractivity contribution in [3.63, 3.8) is 0 Å². The summed E-state index contributed by atoms with van der Waals surface area (Å²) in [4.78, 5) is 27.5. The van der Waals surface area contributed by atoms with Crippen molar-refractivity contribution in [2.75, 3.05) is 13.7 Å². The zero-order valence-electron chi connectivity index (χ0n) is 22.8. The van der Waals surface area contributed by atoms with Crippen LogP contribution in [0.15, 0.2) is 92.9 Å². The largest absolute Gasteiger partial charge is 0.465 e. The lowest BCUT2D eigenvalue weighted by molar-refractivity contribution is -0.136.